The molecule has 8 nitrogen and oxygen atoms in total. The average molecular weight is 461 g/mol. The van der Waals surface area contributed by atoms with Crippen molar-refractivity contribution in [2.45, 2.75) is 70.9 Å². The monoisotopic (exact) mass is 460 g/mol. The highest BCUT2D eigenvalue weighted by Crippen LogP contribution is 2.41. The van der Waals surface area contributed by atoms with Crippen LogP contribution in [-0.4, -0.2) is 40.6 Å². The molecule has 1 saturated heterocycles. The molecule has 0 spiro atoms. The Bertz CT molecular complexity index is 1130. The van der Waals surface area contributed by atoms with Gasteiger partial charge in [0.1, 0.15) is 6.07 Å². The zero-order chi connectivity index (χ0) is 23.9. The van der Waals surface area contributed by atoms with Crippen molar-refractivity contribution in [2.75, 3.05) is 28.2 Å². The highest BCUT2D eigenvalue weighted by molar-refractivity contribution is 6.02. The Labute approximate surface area is 200 Å². The van der Waals surface area contributed by atoms with Gasteiger partial charge in [-0.25, -0.2) is 4.98 Å². The first-order chi connectivity index (χ1) is 16.4. The number of nitrogens with zero attached hydrogens (tertiary/aromatic N) is 5. The van der Waals surface area contributed by atoms with Crippen molar-refractivity contribution in [3.05, 3.63) is 30.0 Å². The van der Waals surface area contributed by atoms with E-state index in [0.717, 1.165) is 68.9 Å². The lowest BCUT2D eigenvalue weighted by Crippen LogP contribution is -2.55. The Balaban J connectivity index is 1.42. The molecule has 0 atom stereocenters. The van der Waals surface area contributed by atoms with E-state index in [9.17, 15) is 10.1 Å². The van der Waals surface area contributed by atoms with Crippen molar-refractivity contribution in [1.29, 1.82) is 5.26 Å². The lowest BCUT2D eigenvalue weighted by atomic mass is 9.98. The van der Waals surface area contributed by atoms with Crippen LogP contribution >= 0.6 is 0 Å². The topological polar surface area (TPSA) is 94.4 Å². The smallest absolute Gasteiger partial charge is 0.272 e. The first kappa shape index (κ1) is 22.5. The SMILES string of the molecule is CC1CCN(c2ccc(Nc3ncc4c(n3)N(C3CCCC3)C(=O)C(C)(C)O4)cc2C#N)CC1. The molecule has 34 heavy (non-hydrogen) atoms. The molecular weight excluding hydrogens is 428 g/mol. The first-order valence-corrected chi connectivity index (χ1v) is 12.3. The number of fused-ring (bicyclic) bond motifs is 1. The molecular formula is C26H32N6O2. The Hall–Kier alpha value is -3.34. The molecule has 1 aromatic heterocycles. The maximum absolute atomic E-state index is 13.2. The van der Waals surface area contributed by atoms with Gasteiger partial charge >= 0.3 is 0 Å². The van der Waals surface area contributed by atoms with Gasteiger partial charge in [-0.15, -0.1) is 0 Å². The molecule has 2 aromatic rings. The molecule has 1 N–H and O–H groups in total. The van der Waals surface area contributed by atoms with E-state index in [1.165, 1.54) is 0 Å². The number of ether oxygens (including phenoxy) is 1. The second-order valence-corrected chi connectivity index (χ2v) is 10.2. The van der Waals surface area contributed by atoms with Crippen LogP contribution in [0.15, 0.2) is 24.4 Å². The molecule has 5 rings (SSSR count). The third-order valence-corrected chi connectivity index (χ3v) is 7.25. The fraction of sp³-hybridized carbons (Fsp3) is 0.538. The van der Waals surface area contributed by atoms with Gasteiger partial charge in [0.05, 0.1) is 17.4 Å². The largest absolute Gasteiger partial charge is 0.472 e. The molecule has 1 aliphatic carbocycles. The highest BCUT2D eigenvalue weighted by atomic mass is 16.5. The third-order valence-electron chi connectivity index (χ3n) is 7.25. The van der Waals surface area contributed by atoms with Gasteiger partial charge in [0.15, 0.2) is 17.2 Å². The standard InChI is InChI=1S/C26H32N6O2/c1-17-10-12-31(13-11-17)21-9-8-19(14-18(21)15-27)29-25-28-16-22-23(30-25)32(20-6-4-5-7-20)24(33)26(2,3)34-22/h8-9,14,16-17,20H,4-7,10-13H2,1-3H3,(H,28,29,30). The van der Waals surface area contributed by atoms with Gasteiger partial charge in [0.25, 0.3) is 5.91 Å². The van der Waals surface area contributed by atoms with Gasteiger partial charge < -0.3 is 15.0 Å². The molecule has 3 heterocycles. The molecule has 1 amide bonds. The molecule has 0 radical (unpaired) electrons. The van der Waals surface area contributed by atoms with Crippen LogP contribution in [0.5, 0.6) is 5.75 Å². The maximum Gasteiger partial charge on any atom is 0.272 e. The number of carbonyl (C=O) groups excluding carboxylic acids is 1. The Morgan fingerprint density at radius 1 is 1.18 bits per heavy atom. The number of amides is 1. The molecule has 2 fully saturated rings. The maximum atomic E-state index is 13.2. The molecule has 1 saturated carbocycles. The van der Waals surface area contributed by atoms with Crippen LogP contribution in [0.25, 0.3) is 0 Å². The summed E-state index contributed by atoms with van der Waals surface area (Å²) in [5.74, 6) is 2.08. The minimum absolute atomic E-state index is 0.0662. The van der Waals surface area contributed by atoms with Gasteiger partial charge in [-0.05, 0) is 63.6 Å². The van der Waals surface area contributed by atoms with Gasteiger partial charge in [0.2, 0.25) is 5.95 Å². The van der Waals surface area contributed by atoms with Crippen molar-refractivity contribution in [3.63, 3.8) is 0 Å². The van der Waals surface area contributed by atoms with E-state index >= 15 is 0 Å². The van der Waals surface area contributed by atoms with E-state index in [-0.39, 0.29) is 11.9 Å². The average Bonchev–Trinajstić information content (AvgIpc) is 3.35. The summed E-state index contributed by atoms with van der Waals surface area (Å²) < 4.78 is 5.96. The van der Waals surface area contributed by atoms with Crippen LogP contribution in [0.2, 0.25) is 0 Å². The molecule has 2 aliphatic heterocycles. The van der Waals surface area contributed by atoms with E-state index in [2.05, 4.69) is 28.2 Å². The van der Waals surface area contributed by atoms with Crippen molar-refractivity contribution in [1.82, 2.24) is 9.97 Å². The molecule has 0 bridgehead atoms. The number of rotatable bonds is 4. The number of carbonyl (C=O) groups is 1. The zero-order valence-electron chi connectivity index (χ0n) is 20.2. The highest BCUT2D eigenvalue weighted by Gasteiger charge is 2.45. The van der Waals surface area contributed by atoms with E-state index in [4.69, 9.17) is 9.72 Å². The van der Waals surface area contributed by atoms with Crippen LogP contribution in [-0.2, 0) is 4.79 Å². The summed E-state index contributed by atoms with van der Waals surface area (Å²) in [6.45, 7) is 7.80. The van der Waals surface area contributed by atoms with Gasteiger partial charge in [-0.3, -0.25) is 9.69 Å². The van der Waals surface area contributed by atoms with E-state index in [1.54, 1.807) is 20.0 Å². The minimum Gasteiger partial charge on any atom is -0.472 e. The number of nitrogens with one attached hydrogen (secondary N) is 1. The predicted octanol–water partition coefficient (Wildman–Crippen LogP) is 4.77. The number of benzene rings is 1. The predicted molar refractivity (Wildman–Crippen MR) is 132 cm³/mol. The fourth-order valence-corrected chi connectivity index (χ4v) is 5.23. The summed E-state index contributed by atoms with van der Waals surface area (Å²) in [6.07, 6.45) is 8.08. The number of hydrogen-bond acceptors (Lipinski definition) is 7. The quantitative estimate of drug-likeness (QED) is 0.702. The summed E-state index contributed by atoms with van der Waals surface area (Å²) in [4.78, 5) is 26.5. The van der Waals surface area contributed by atoms with E-state index in [1.807, 2.05) is 23.1 Å². The van der Waals surface area contributed by atoms with Crippen LogP contribution in [0.1, 0.15) is 64.9 Å². The van der Waals surface area contributed by atoms with Gasteiger partial charge in [-0.1, -0.05) is 19.8 Å². The lowest BCUT2D eigenvalue weighted by molar-refractivity contribution is -0.133. The summed E-state index contributed by atoms with van der Waals surface area (Å²) >= 11 is 0. The minimum atomic E-state index is -0.947. The van der Waals surface area contributed by atoms with Crippen LogP contribution in [0.3, 0.4) is 0 Å². The lowest BCUT2D eigenvalue weighted by Gasteiger charge is -2.40. The molecule has 3 aliphatic rings. The van der Waals surface area contributed by atoms with Gasteiger partial charge in [-0.2, -0.15) is 10.2 Å². The van der Waals surface area contributed by atoms with Crippen molar-refractivity contribution in [3.8, 4) is 11.8 Å². The summed E-state index contributed by atoms with van der Waals surface area (Å²) in [5, 5.41) is 13.0. The van der Waals surface area contributed by atoms with Crippen molar-refractivity contribution < 1.29 is 9.53 Å². The van der Waals surface area contributed by atoms with Crippen LogP contribution < -0.4 is 19.9 Å². The second kappa shape index (κ2) is 8.79. The zero-order valence-corrected chi connectivity index (χ0v) is 20.2. The molecule has 178 valence electrons. The van der Waals surface area contributed by atoms with E-state index < -0.39 is 5.60 Å². The summed E-state index contributed by atoms with van der Waals surface area (Å²) in [6, 6.07) is 8.27. The van der Waals surface area contributed by atoms with Crippen LogP contribution in [0.4, 0.5) is 23.1 Å². The Morgan fingerprint density at radius 2 is 1.91 bits per heavy atom. The van der Waals surface area contributed by atoms with Gasteiger partial charge in [0, 0.05) is 24.8 Å². The Kier molecular flexibility index (Phi) is 5.80. The second-order valence-electron chi connectivity index (χ2n) is 10.2. The number of nitriles is 1. The fourth-order valence-electron chi connectivity index (χ4n) is 5.23. The number of aromatic nitrogens is 2. The number of anilines is 4. The van der Waals surface area contributed by atoms with E-state index in [0.29, 0.717) is 23.1 Å². The number of hydrogen-bond donors (Lipinski definition) is 1. The Morgan fingerprint density at radius 3 is 2.62 bits per heavy atom. The van der Waals surface area contributed by atoms with Crippen LogP contribution in [0, 0.1) is 17.2 Å². The van der Waals surface area contributed by atoms with Crippen molar-refractivity contribution in [2.24, 2.45) is 5.92 Å². The number of piperidine rings is 1. The van der Waals surface area contributed by atoms with Crippen molar-refractivity contribution >= 4 is 29.0 Å². The normalized spacial score (nSPS) is 20.6. The summed E-state index contributed by atoms with van der Waals surface area (Å²) in [7, 11) is 0. The first-order valence-electron chi connectivity index (χ1n) is 12.3. The molecule has 0 unspecified atom stereocenters. The molecule has 8 heteroatoms. The molecule has 1 aromatic carbocycles. The summed E-state index contributed by atoms with van der Waals surface area (Å²) in [5.41, 5.74) is 1.39. The third kappa shape index (κ3) is 4.15.